The summed E-state index contributed by atoms with van der Waals surface area (Å²) in [6.07, 6.45) is 4.64. The van der Waals surface area contributed by atoms with E-state index in [1.165, 1.54) is 22.5 Å². The number of carbonyl (C=O) groups excluding carboxylic acids is 1. The molecule has 7 heteroatoms. The Bertz CT molecular complexity index is 702. The van der Waals surface area contributed by atoms with Gasteiger partial charge in [0.1, 0.15) is 10.7 Å². The molecule has 3 rings (SSSR count). The maximum absolute atomic E-state index is 13.9. The first-order chi connectivity index (χ1) is 11.5. The summed E-state index contributed by atoms with van der Waals surface area (Å²) in [5.74, 6) is -0.488. The minimum absolute atomic E-state index is 0.0970. The summed E-state index contributed by atoms with van der Waals surface area (Å²) < 4.78 is 40.5. The molecule has 1 amide bonds. The summed E-state index contributed by atoms with van der Waals surface area (Å²) in [6.45, 7) is 1.47. The van der Waals surface area contributed by atoms with E-state index in [0.717, 1.165) is 31.7 Å². The van der Waals surface area contributed by atoms with Crippen molar-refractivity contribution in [1.82, 2.24) is 9.21 Å². The number of rotatable bonds is 3. The molecule has 2 aliphatic rings. The van der Waals surface area contributed by atoms with Crippen molar-refractivity contribution in [2.45, 2.75) is 37.0 Å². The van der Waals surface area contributed by atoms with Crippen LogP contribution in [0, 0.1) is 11.7 Å². The van der Waals surface area contributed by atoms with Crippen molar-refractivity contribution in [2.24, 2.45) is 5.92 Å². The lowest BCUT2D eigenvalue weighted by atomic mass is 10.1. The van der Waals surface area contributed by atoms with Gasteiger partial charge >= 0.3 is 0 Å². The zero-order valence-electron chi connectivity index (χ0n) is 13.7. The first-order valence-electron chi connectivity index (χ1n) is 8.53. The molecule has 0 spiro atoms. The molecular weight excluding hydrogens is 331 g/mol. The molecule has 0 bridgehead atoms. The third-order valence-electron chi connectivity index (χ3n) is 4.93. The molecule has 2 fully saturated rings. The van der Waals surface area contributed by atoms with Gasteiger partial charge in [0.2, 0.25) is 15.9 Å². The summed E-state index contributed by atoms with van der Waals surface area (Å²) in [7, 11) is -3.86. The summed E-state index contributed by atoms with van der Waals surface area (Å²) >= 11 is 0. The third kappa shape index (κ3) is 3.47. The van der Waals surface area contributed by atoms with Crippen molar-refractivity contribution in [3.05, 3.63) is 30.1 Å². The monoisotopic (exact) mass is 354 g/mol. The quantitative estimate of drug-likeness (QED) is 0.836. The van der Waals surface area contributed by atoms with Crippen LogP contribution in [0.25, 0.3) is 0 Å². The van der Waals surface area contributed by atoms with Crippen LogP contribution in [0.15, 0.2) is 29.2 Å². The van der Waals surface area contributed by atoms with Crippen LogP contribution in [-0.4, -0.2) is 49.7 Å². The number of hydrogen-bond donors (Lipinski definition) is 0. The van der Waals surface area contributed by atoms with E-state index in [2.05, 4.69) is 0 Å². The highest BCUT2D eigenvalue weighted by molar-refractivity contribution is 7.89. The average Bonchev–Trinajstić information content (AvgIpc) is 2.98. The number of benzene rings is 1. The average molecular weight is 354 g/mol. The molecule has 0 aromatic heterocycles. The Hall–Kier alpha value is -1.47. The fraction of sp³-hybridized carbons (Fsp3) is 0.588. The number of nitrogens with zero attached hydrogens (tertiary/aromatic N) is 2. The van der Waals surface area contributed by atoms with Crippen molar-refractivity contribution < 1.29 is 17.6 Å². The molecule has 0 atom stereocenters. The second-order valence-corrected chi connectivity index (χ2v) is 8.40. The van der Waals surface area contributed by atoms with E-state index in [1.807, 2.05) is 0 Å². The molecule has 1 saturated heterocycles. The minimum atomic E-state index is -3.86. The highest BCUT2D eigenvalue weighted by atomic mass is 32.2. The lowest BCUT2D eigenvalue weighted by Crippen LogP contribution is -2.39. The predicted octanol–water partition coefficient (Wildman–Crippen LogP) is 2.24. The van der Waals surface area contributed by atoms with Gasteiger partial charge in [-0.05, 0) is 31.4 Å². The van der Waals surface area contributed by atoms with E-state index in [1.54, 1.807) is 4.90 Å². The largest absolute Gasteiger partial charge is 0.341 e. The Labute approximate surface area is 142 Å². The van der Waals surface area contributed by atoms with Crippen LogP contribution in [0.1, 0.15) is 32.1 Å². The first kappa shape index (κ1) is 17.4. The first-order valence-corrected chi connectivity index (χ1v) is 9.97. The van der Waals surface area contributed by atoms with Gasteiger partial charge in [-0.25, -0.2) is 12.8 Å². The van der Waals surface area contributed by atoms with Gasteiger partial charge in [0.25, 0.3) is 0 Å². The van der Waals surface area contributed by atoms with E-state index in [9.17, 15) is 17.6 Å². The zero-order chi connectivity index (χ0) is 17.2. The Morgan fingerprint density at radius 3 is 2.42 bits per heavy atom. The lowest BCUT2D eigenvalue weighted by molar-refractivity contribution is -0.135. The summed E-state index contributed by atoms with van der Waals surface area (Å²) in [5.41, 5.74) is 0. The fourth-order valence-electron chi connectivity index (χ4n) is 3.58. The van der Waals surface area contributed by atoms with Crippen LogP contribution in [0.3, 0.4) is 0 Å². The molecular formula is C17H23FN2O3S. The van der Waals surface area contributed by atoms with Crippen molar-refractivity contribution in [2.75, 3.05) is 26.2 Å². The SMILES string of the molecule is O=C(C1CCCC1)N1CCCN(S(=O)(=O)c2ccccc2F)CC1. The van der Waals surface area contributed by atoms with Crippen LogP contribution in [-0.2, 0) is 14.8 Å². The second-order valence-electron chi connectivity index (χ2n) is 6.49. The minimum Gasteiger partial charge on any atom is -0.341 e. The zero-order valence-corrected chi connectivity index (χ0v) is 14.5. The standard InChI is InChI=1S/C17H23FN2O3S/c18-15-8-3-4-9-16(15)24(22,23)20-11-5-10-19(12-13-20)17(21)14-6-1-2-7-14/h3-4,8-9,14H,1-2,5-7,10-13H2. The molecule has 5 nitrogen and oxygen atoms in total. The molecule has 0 radical (unpaired) electrons. The van der Waals surface area contributed by atoms with Gasteiger partial charge < -0.3 is 4.90 Å². The highest BCUT2D eigenvalue weighted by Gasteiger charge is 2.32. The number of amides is 1. The van der Waals surface area contributed by atoms with Crippen molar-refractivity contribution in [3.63, 3.8) is 0 Å². The molecule has 0 N–H and O–H groups in total. The molecule has 1 aromatic rings. The van der Waals surface area contributed by atoms with Gasteiger partial charge in [-0.3, -0.25) is 4.79 Å². The molecule has 1 aliphatic heterocycles. The molecule has 0 unspecified atom stereocenters. The van der Waals surface area contributed by atoms with Crippen LogP contribution in [0.5, 0.6) is 0 Å². The van der Waals surface area contributed by atoms with Gasteiger partial charge in [-0.2, -0.15) is 4.31 Å². The molecule has 24 heavy (non-hydrogen) atoms. The van der Waals surface area contributed by atoms with E-state index in [-0.39, 0.29) is 23.3 Å². The van der Waals surface area contributed by atoms with Crippen molar-refractivity contribution in [3.8, 4) is 0 Å². The van der Waals surface area contributed by atoms with E-state index in [0.29, 0.717) is 26.1 Å². The summed E-state index contributed by atoms with van der Waals surface area (Å²) in [6, 6.07) is 5.43. The smallest absolute Gasteiger partial charge is 0.246 e. The molecule has 1 saturated carbocycles. The number of carbonyl (C=O) groups is 1. The Morgan fingerprint density at radius 2 is 1.71 bits per heavy atom. The Kier molecular flexibility index (Phi) is 5.20. The van der Waals surface area contributed by atoms with Gasteiger partial charge in [0.15, 0.2) is 0 Å². The molecule has 1 aliphatic carbocycles. The Balaban J connectivity index is 1.71. The summed E-state index contributed by atoms with van der Waals surface area (Å²) in [4.78, 5) is 14.0. The normalized spacial score (nSPS) is 21.0. The van der Waals surface area contributed by atoms with Crippen LogP contribution >= 0.6 is 0 Å². The van der Waals surface area contributed by atoms with Gasteiger partial charge in [-0.15, -0.1) is 0 Å². The maximum Gasteiger partial charge on any atom is 0.246 e. The van der Waals surface area contributed by atoms with Crippen LogP contribution < -0.4 is 0 Å². The van der Waals surface area contributed by atoms with Gasteiger partial charge in [0, 0.05) is 32.1 Å². The third-order valence-corrected chi connectivity index (χ3v) is 6.86. The molecule has 1 aromatic carbocycles. The Morgan fingerprint density at radius 1 is 1.00 bits per heavy atom. The van der Waals surface area contributed by atoms with E-state index < -0.39 is 15.8 Å². The van der Waals surface area contributed by atoms with Crippen LogP contribution in [0.4, 0.5) is 4.39 Å². The van der Waals surface area contributed by atoms with Crippen LogP contribution in [0.2, 0.25) is 0 Å². The summed E-state index contributed by atoms with van der Waals surface area (Å²) in [5, 5.41) is 0. The lowest BCUT2D eigenvalue weighted by Gasteiger charge is -2.24. The van der Waals surface area contributed by atoms with Crippen molar-refractivity contribution >= 4 is 15.9 Å². The van der Waals surface area contributed by atoms with Gasteiger partial charge in [-0.1, -0.05) is 25.0 Å². The van der Waals surface area contributed by atoms with E-state index in [4.69, 9.17) is 0 Å². The predicted molar refractivity (Wildman–Crippen MR) is 88.3 cm³/mol. The second kappa shape index (κ2) is 7.19. The van der Waals surface area contributed by atoms with Crippen molar-refractivity contribution in [1.29, 1.82) is 0 Å². The maximum atomic E-state index is 13.9. The molecule has 1 heterocycles. The van der Waals surface area contributed by atoms with Gasteiger partial charge in [0.05, 0.1) is 0 Å². The number of hydrogen-bond acceptors (Lipinski definition) is 3. The number of sulfonamides is 1. The van der Waals surface area contributed by atoms with E-state index >= 15 is 0 Å². The number of halogens is 1. The highest BCUT2D eigenvalue weighted by Crippen LogP contribution is 2.27. The topological polar surface area (TPSA) is 57.7 Å². The fourth-order valence-corrected chi connectivity index (χ4v) is 5.11. The molecule has 132 valence electrons.